The molecule has 1 N–H and O–H groups in total. The van der Waals surface area contributed by atoms with Crippen molar-refractivity contribution in [2.45, 2.75) is 31.7 Å². The third-order valence-electron chi connectivity index (χ3n) is 4.94. The van der Waals surface area contributed by atoms with Gasteiger partial charge in [0.15, 0.2) is 0 Å². The van der Waals surface area contributed by atoms with Crippen LogP contribution in [0.3, 0.4) is 0 Å². The van der Waals surface area contributed by atoms with Gasteiger partial charge in [-0.1, -0.05) is 11.6 Å². The number of hydrogen-bond acceptors (Lipinski definition) is 2. The van der Waals surface area contributed by atoms with Crippen molar-refractivity contribution in [2.24, 2.45) is 17.8 Å². The summed E-state index contributed by atoms with van der Waals surface area (Å²) >= 11 is 0. The lowest BCUT2D eigenvalue weighted by atomic mass is 9.86. The summed E-state index contributed by atoms with van der Waals surface area (Å²) in [6, 6.07) is 0.173. The normalized spacial score (nSPS) is 36.6. The SMILES string of the molecule is O=C(NC1C=C2CCC3CC1CC23)n1ccnc1. The summed E-state index contributed by atoms with van der Waals surface area (Å²) in [6.45, 7) is 0. The van der Waals surface area contributed by atoms with Gasteiger partial charge in [-0.2, -0.15) is 0 Å². The van der Waals surface area contributed by atoms with Gasteiger partial charge >= 0.3 is 6.03 Å². The van der Waals surface area contributed by atoms with E-state index in [1.54, 1.807) is 24.3 Å². The number of nitrogens with zero attached hydrogens (tertiary/aromatic N) is 2. The summed E-state index contributed by atoms with van der Waals surface area (Å²) in [7, 11) is 0. The van der Waals surface area contributed by atoms with Crippen molar-refractivity contribution >= 4 is 6.03 Å². The number of aromatic nitrogens is 2. The van der Waals surface area contributed by atoms with Crippen LogP contribution in [-0.2, 0) is 0 Å². The van der Waals surface area contributed by atoms with Crippen molar-refractivity contribution in [3.05, 3.63) is 30.4 Å². The minimum Gasteiger partial charge on any atom is -0.331 e. The molecule has 1 amide bonds. The first-order valence-corrected chi connectivity index (χ1v) is 6.80. The van der Waals surface area contributed by atoms with Gasteiger partial charge in [-0.3, -0.25) is 4.57 Å². The van der Waals surface area contributed by atoms with E-state index in [2.05, 4.69) is 16.4 Å². The van der Waals surface area contributed by atoms with Crippen LogP contribution in [0.2, 0.25) is 0 Å². The van der Waals surface area contributed by atoms with Gasteiger partial charge in [0.2, 0.25) is 0 Å². The smallest absolute Gasteiger partial charge is 0.327 e. The lowest BCUT2D eigenvalue weighted by Gasteiger charge is -2.27. The van der Waals surface area contributed by atoms with Gasteiger partial charge < -0.3 is 5.32 Å². The Hall–Kier alpha value is -1.58. The molecule has 18 heavy (non-hydrogen) atoms. The first kappa shape index (κ1) is 10.4. The maximum Gasteiger partial charge on any atom is 0.327 e. The number of rotatable bonds is 1. The van der Waals surface area contributed by atoms with Crippen LogP contribution < -0.4 is 5.32 Å². The van der Waals surface area contributed by atoms with Crippen LogP contribution in [0.25, 0.3) is 0 Å². The predicted molar refractivity (Wildman–Crippen MR) is 67.0 cm³/mol. The number of imidazole rings is 1. The van der Waals surface area contributed by atoms with Crippen LogP contribution in [0.4, 0.5) is 4.79 Å². The second kappa shape index (κ2) is 3.70. The third-order valence-corrected chi connectivity index (χ3v) is 4.94. The van der Waals surface area contributed by atoms with Crippen molar-refractivity contribution in [1.82, 2.24) is 14.9 Å². The first-order chi connectivity index (χ1) is 8.81. The fourth-order valence-electron chi connectivity index (χ4n) is 4.10. The Kier molecular flexibility index (Phi) is 2.13. The highest BCUT2D eigenvalue weighted by Crippen LogP contribution is 2.53. The van der Waals surface area contributed by atoms with Gasteiger partial charge in [-0.15, -0.1) is 0 Å². The Balaban J connectivity index is 1.55. The first-order valence-electron chi connectivity index (χ1n) is 6.80. The second-order valence-electron chi connectivity index (χ2n) is 5.82. The summed E-state index contributed by atoms with van der Waals surface area (Å²) in [4.78, 5) is 15.9. The molecule has 1 aromatic heterocycles. The zero-order chi connectivity index (χ0) is 12.1. The topological polar surface area (TPSA) is 46.9 Å². The molecule has 0 spiro atoms. The zero-order valence-electron chi connectivity index (χ0n) is 10.2. The minimum atomic E-state index is -0.0597. The minimum absolute atomic E-state index is 0.0597. The highest BCUT2D eigenvalue weighted by Gasteiger charge is 2.46. The molecule has 4 atom stereocenters. The van der Waals surface area contributed by atoms with Crippen molar-refractivity contribution in [1.29, 1.82) is 0 Å². The molecule has 0 aliphatic heterocycles. The molecule has 94 valence electrons. The number of nitrogens with one attached hydrogen (secondary N) is 1. The highest BCUT2D eigenvalue weighted by molar-refractivity contribution is 5.77. The van der Waals surface area contributed by atoms with E-state index in [0.29, 0.717) is 5.92 Å². The number of allylic oxidation sites excluding steroid dienone is 1. The summed E-state index contributed by atoms with van der Waals surface area (Å²) in [5.74, 6) is 2.39. The standard InChI is InChI=1S/C14H17N3O/c18-14(17-4-3-15-8-17)16-13-7-10-2-1-9-5-11(13)6-12(9)10/h3-4,7-9,11-13H,1-2,5-6H2,(H,16,18). The molecular weight excluding hydrogens is 226 g/mol. The predicted octanol–water partition coefficient (Wildman–Crippen LogP) is 2.19. The maximum absolute atomic E-state index is 12.0. The monoisotopic (exact) mass is 243 g/mol. The molecule has 4 heteroatoms. The molecule has 0 radical (unpaired) electrons. The van der Waals surface area contributed by atoms with Gasteiger partial charge in [-0.05, 0) is 43.4 Å². The number of carbonyl (C=O) groups is 1. The van der Waals surface area contributed by atoms with E-state index in [4.69, 9.17) is 0 Å². The number of amides is 1. The molecule has 0 saturated heterocycles. The molecular formula is C14H17N3O. The lowest BCUT2D eigenvalue weighted by molar-refractivity contribution is 0.235. The van der Waals surface area contributed by atoms with Crippen molar-refractivity contribution in [3.8, 4) is 0 Å². The van der Waals surface area contributed by atoms with Crippen LogP contribution in [0.15, 0.2) is 30.4 Å². The Labute approximate surface area is 106 Å². The molecule has 2 bridgehead atoms. The Morgan fingerprint density at radius 3 is 3.17 bits per heavy atom. The number of hydrogen-bond donors (Lipinski definition) is 1. The van der Waals surface area contributed by atoms with E-state index in [0.717, 1.165) is 11.8 Å². The molecule has 3 aliphatic rings. The molecule has 3 aliphatic carbocycles. The van der Waals surface area contributed by atoms with Crippen LogP contribution in [0.1, 0.15) is 25.7 Å². The Morgan fingerprint density at radius 2 is 2.33 bits per heavy atom. The lowest BCUT2D eigenvalue weighted by Crippen LogP contribution is -2.41. The molecule has 1 aromatic rings. The number of fused-ring (bicyclic) bond motifs is 1. The zero-order valence-corrected chi connectivity index (χ0v) is 10.2. The largest absolute Gasteiger partial charge is 0.331 e. The van der Waals surface area contributed by atoms with Crippen LogP contribution >= 0.6 is 0 Å². The molecule has 4 rings (SSSR count). The van der Waals surface area contributed by atoms with Crippen LogP contribution in [0, 0.1) is 17.8 Å². The summed E-state index contributed by atoms with van der Waals surface area (Å²) in [5.41, 5.74) is 1.60. The highest BCUT2D eigenvalue weighted by atomic mass is 16.2. The van der Waals surface area contributed by atoms with E-state index < -0.39 is 0 Å². The molecule has 2 fully saturated rings. The number of carbonyl (C=O) groups excluding carboxylic acids is 1. The quantitative estimate of drug-likeness (QED) is 0.768. The van der Waals surface area contributed by atoms with E-state index in [-0.39, 0.29) is 12.1 Å². The van der Waals surface area contributed by atoms with E-state index in [1.165, 1.54) is 30.3 Å². The Morgan fingerprint density at radius 1 is 1.39 bits per heavy atom. The average molecular weight is 243 g/mol. The molecule has 4 unspecified atom stereocenters. The Bertz CT molecular complexity index is 505. The fourth-order valence-corrected chi connectivity index (χ4v) is 4.10. The van der Waals surface area contributed by atoms with Crippen molar-refractivity contribution in [3.63, 3.8) is 0 Å². The summed E-state index contributed by atoms with van der Waals surface area (Å²) in [5, 5.41) is 3.14. The van der Waals surface area contributed by atoms with Gasteiger partial charge in [0.05, 0.1) is 6.04 Å². The van der Waals surface area contributed by atoms with Crippen LogP contribution in [0.5, 0.6) is 0 Å². The summed E-state index contributed by atoms with van der Waals surface area (Å²) < 4.78 is 1.51. The van der Waals surface area contributed by atoms with Crippen molar-refractivity contribution in [2.75, 3.05) is 0 Å². The van der Waals surface area contributed by atoms with E-state index >= 15 is 0 Å². The third kappa shape index (κ3) is 1.44. The van der Waals surface area contributed by atoms with E-state index in [9.17, 15) is 4.79 Å². The second-order valence-corrected chi connectivity index (χ2v) is 5.82. The van der Waals surface area contributed by atoms with Crippen LogP contribution in [-0.4, -0.2) is 21.6 Å². The summed E-state index contributed by atoms with van der Waals surface area (Å²) in [6.07, 6.45) is 12.4. The van der Waals surface area contributed by atoms with Crippen molar-refractivity contribution < 1.29 is 4.79 Å². The molecule has 2 saturated carbocycles. The van der Waals surface area contributed by atoms with E-state index in [1.807, 2.05) is 0 Å². The maximum atomic E-state index is 12.0. The van der Waals surface area contributed by atoms with Gasteiger partial charge in [0, 0.05) is 12.4 Å². The molecule has 0 aromatic carbocycles. The fraction of sp³-hybridized carbons (Fsp3) is 0.571. The van der Waals surface area contributed by atoms with Gasteiger partial charge in [-0.25, -0.2) is 9.78 Å². The van der Waals surface area contributed by atoms with Gasteiger partial charge in [0.1, 0.15) is 6.33 Å². The molecule has 4 nitrogen and oxygen atoms in total. The van der Waals surface area contributed by atoms with Gasteiger partial charge in [0.25, 0.3) is 0 Å². The average Bonchev–Trinajstić information content (AvgIpc) is 3.03. The molecule has 1 heterocycles.